The highest BCUT2D eigenvalue weighted by atomic mass is 16.5. The van der Waals surface area contributed by atoms with Gasteiger partial charge >= 0.3 is 0 Å². The van der Waals surface area contributed by atoms with Gasteiger partial charge in [-0.2, -0.15) is 0 Å². The van der Waals surface area contributed by atoms with E-state index in [-0.39, 0.29) is 11.8 Å². The Kier molecular flexibility index (Phi) is 6.75. The molecule has 3 aromatic rings. The maximum absolute atomic E-state index is 13.1. The zero-order valence-corrected chi connectivity index (χ0v) is 17.3. The highest BCUT2D eigenvalue weighted by molar-refractivity contribution is 6.01. The van der Waals surface area contributed by atoms with Crippen molar-refractivity contribution in [3.05, 3.63) is 89.5 Å². The van der Waals surface area contributed by atoms with Gasteiger partial charge in [-0.25, -0.2) is 0 Å². The summed E-state index contributed by atoms with van der Waals surface area (Å²) in [4.78, 5) is 37.3. The van der Waals surface area contributed by atoms with E-state index in [2.05, 4.69) is 9.97 Å². The third kappa shape index (κ3) is 5.00. The van der Waals surface area contributed by atoms with Gasteiger partial charge in [0.05, 0.1) is 12.7 Å². The van der Waals surface area contributed by atoms with Crippen molar-refractivity contribution in [1.29, 1.82) is 0 Å². The van der Waals surface area contributed by atoms with Gasteiger partial charge in [-0.1, -0.05) is 12.1 Å². The molecule has 0 saturated carbocycles. The molecule has 2 heterocycles. The largest absolute Gasteiger partial charge is 0.496 e. The molecule has 0 saturated heterocycles. The number of aromatic nitrogens is 2. The first kappa shape index (κ1) is 21.0. The van der Waals surface area contributed by atoms with Crippen LogP contribution in [0.2, 0.25) is 0 Å². The first-order valence-electron chi connectivity index (χ1n) is 9.46. The number of ether oxygens (including phenoxy) is 1. The Hall–Kier alpha value is -3.74. The van der Waals surface area contributed by atoms with Crippen LogP contribution in [0.5, 0.6) is 5.75 Å². The molecule has 7 nitrogen and oxygen atoms in total. The first-order chi connectivity index (χ1) is 14.5. The predicted octanol–water partition coefficient (Wildman–Crippen LogP) is 3.03. The normalized spacial score (nSPS) is 10.4. The van der Waals surface area contributed by atoms with E-state index < -0.39 is 0 Å². The molecule has 0 fully saturated rings. The molecule has 0 atom stereocenters. The summed E-state index contributed by atoms with van der Waals surface area (Å²) < 4.78 is 5.36. The minimum atomic E-state index is -0.236. The average molecular weight is 404 g/mol. The lowest BCUT2D eigenvalue weighted by Gasteiger charge is -2.21. The molecule has 1 aromatic carbocycles. The number of hydrogen-bond acceptors (Lipinski definition) is 5. The summed E-state index contributed by atoms with van der Waals surface area (Å²) in [5.74, 6) is -0.00441. The number of benzene rings is 1. The molecule has 0 N–H and O–H groups in total. The number of carbonyl (C=O) groups excluding carboxylic acids is 2. The Bertz CT molecular complexity index is 1010. The molecule has 0 aliphatic rings. The summed E-state index contributed by atoms with van der Waals surface area (Å²) >= 11 is 0. The summed E-state index contributed by atoms with van der Waals surface area (Å²) in [5, 5.41) is 0. The second kappa shape index (κ2) is 9.65. The minimum Gasteiger partial charge on any atom is -0.496 e. The van der Waals surface area contributed by atoms with Crippen LogP contribution in [-0.2, 0) is 13.1 Å². The fraction of sp³-hybridized carbons (Fsp3) is 0.217. The topological polar surface area (TPSA) is 75.6 Å². The zero-order chi connectivity index (χ0) is 21.5. The molecule has 154 valence electrons. The monoisotopic (exact) mass is 404 g/mol. The molecule has 30 heavy (non-hydrogen) atoms. The number of pyridine rings is 2. The van der Waals surface area contributed by atoms with Crippen LogP contribution in [0.25, 0.3) is 0 Å². The molecular weight excluding hydrogens is 380 g/mol. The van der Waals surface area contributed by atoms with Crippen LogP contribution >= 0.6 is 0 Å². The second-order valence-corrected chi connectivity index (χ2v) is 6.96. The second-order valence-electron chi connectivity index (χ2n) is 6.96. The van der Waals surface area contributed by atoms with E-state index in [9.17, 15) is 9.59 Å². The van der Waals surface area contributed by atoms with Crippen molar-refractivity contribution in [2.75, 3.05) is 21.2 Å². The van der Waals surface area contributed by atoms with E-state index in [1.165, 1.54) is 7.11 Å². The maximum Gasteiger partial charge on any atom is 0.257 e. The fourth-order valence-corrected chi connectivity index (χ4v) is 3.11. The SMILES string of the molecule is COc1ccc(C(=O)N(C)Cc2cccnc2)cc1C(=O)N(C)Cc1cccnc1. The van der Waals surface area contributed by atoms with E-state index in [1.54, 1.807) is 66.9 Å². The van der Waals surface area contributed by atoms with Crippen molar-refractivity contribution >= 4 is 11.8 Å². The van der Waals surface area contributed by atoms with E-state index >= 15 is 0 Å². The van der Waals surface area contributed by atoms with Crippen molar-refractivity contribution < 1.29 is 14.3 Å². The number of methoxy groups -OCH3 is 1. The predicted molar refractivity (Wildman–Crippen MR) is 113 cm³/mol. The van der Waals surface area contributed by atoms with Gasteiger partial charge in [-0.05, 0) is 41.5 Å². The van der Waals surface area contributed by atoms with Gasteiger partial charge in [0.1, 0.15) is 5.75 Å². The average Bonchev–Trinajstić information content (AvgIpc) is 2.79. The molecule has 0 bridgehead atoms. The number of nitrogens with zero attached hydrogens (tertiary/aromatic N) is 4. The van der Waals surface area contributed by atoms with Crippen LogP contribution in [0.4, 0.5) is 0 Å². The van der Waals surface area contributed by atoms with Crippen molar-refractivity contribution in [3.8, 4) is 5.75 Å². The van der Waals surface area contributed by atoms with Gasteiger partial charge < -0.3 is 14.5 Å². The van der Waals surface area contributed by atoms with Crippen molar-refractivity contribution in [2.45, 2.75) is 13.1 Å². The maximum atomic E-state index is 13.1. The lowest BCUT2D eigenvalue weighted by molar-refractivity contribution is 0.0780. The first-order valence-corrected chi connectivity index (χ1v) is 9.46. The van der Waals surface area contributed by atoms with Crippen LogP contribution in [0.3, 0.4) is 0 Å². The van der Waals surface area contributed by atoms with Gasteiger partial charge in [0, 0.05) is 57.5 Å². The summed E-state index contributed by atoms with van der Waals surface area (Å²) in [6.07, 6.45) is 6.81. The van der Waals surface area contributed by atoms with Crippen molar-refractivity contribution in [3.63, 3.8) is 0 Å². The van der Waals surface area contributed by atoms with E-state index in [1.807, 2.05) is 24.3 Å². The Morgan fingerprint density at radius 2 is 1.43 bits per heavy atom. The molecule has 0 spiro atoms. The van der Waals surface area contributed by atoms with Crippen molar-refractivity contribution in [2.24, 2.45) is 0 Å². The quantitative estimate of drug-likeness (QED) is 0.605. The molecule has 0 aliphatic heterocycles. The Morgan fingerprint density at radius 3 is 1.93 bits per heavy atom. The molecule has 0 unspecified atom stereocenters. The Balaban J connectivity index is 1.80. The number of rotatable bonds is 7. The van der Waals surface area contributed by atoms with Crippen LogP contribution in [-0.4, -0.2) is 52.8 Å². The standard InChI is InChI=1S/C23H24N4O3/c1-26(15-17-6-4-10-24-13-17)22(28)19-8-9-21(30-3)20(12-19)23(29)27(2)16-18-7-5-11-25-14-18/h4-14H,15-16H2,1-3H3. The number of hydrogen-bond donors (Lipinski definition) is 0. The minimum absolute atomic E-state index is 0.189. The fourth-order valence-electron chi connectivity index (χ4n) is 3.11. The van der Waals surface area contributed by atoms with Gasteiger partial charge in [0.2, 0.25) is 0 Å². The molecule has 2 aromatic heterocycles. The van der Waals surface area contributed by atoms with Crippen LogP contribution < -0.4 is 4.74 Å². The Labute approximate surface area is 175 Å². The number of amides is 2. The lowest BCUT2D eigenvalue weighted by Crippen LogP contribution is -2.28. The van der Waals surface area contributed by atoms with Crippen LogP contribution in [0, 0.1) is 0 Å². The molecule has 2 amide bonds. The van der Waals surface area contributed by atoms with Gasteiger partial charge in [0.15, 0.2) is 0 Å². The summed E-state index contributed by atoms with van der Waals surface area (Å²) in [6, 6.07) is 12.4. The van der Waals surface area contributed by atoms with E-state index in [4.69, 9.17) is 4.74 Å². The summed E-state index contributed by atoms with van der Waals surface area (Å²) in [7, 11) is 4.93. The highest BCUT2D eigenvalue weighted by Gasteiger charge is 2.21. The van der Waals surface area contributed by atoms with Gasteiger partial charge in [-0.15, -0.1) is 0 Å². The van der Waals surface area contributed by atoms with Crippen molar-refractivity contribution in [1.82, 2.24) is 19.8 Å². The van der Waals surface area contributed by atoms with Crippen LogP contribution in [0.15, 0.2) is 67.3 Å². The molecule has 0 aliphatic carbocycles. The highest BCUT2D eigenvalue weighted by Crippen LogP contribution is 2.23. The number of carbonyl (C=O) groups is 2. The zero-order valence-electron chi connectivity index (χ0n) is 17.3. The summed E-state index contributed by atoms with van der Waals surface area (Å²) in [5.41, 5.74) is 2.59. The molecular formula is C23H24N4O3. The van der Waals surface area contributed by atoms with Gasteiger partial charge in [-0.3, -0.25) is 19.6 Å². The molecule has 0 radical (unpaired) electrons. The van der Waals surface area contributed by atoms with Crippen LogP contribution in [0.1, 0.15) is 31.8 Å². The summed E-state index contributed by atoms with van der Waals surface area (Å²) in [6.45, 7) is 0.817. The van der Waals surface area contributed by atoms with E-state index in [0.29, 0.717) is 30.0 Å². The third-order valence-electron chi connectivity index (χ3n) is 4.66. The Morgan fingerprint density at radius 1 is 0.867 bits per heavy atom. The molecule has 3 rings (SSSR count). The smallest absolute Gasteiger partial charge is 0.257 e. The third-order valence-corrected chi connectivity index (χ3v) is 4.66. The molecule has 7 heteroatoms. The van der Waals surface area contributed by atoms with E-state index in [0.717, 1.165) is 11.1 Å². The lowest BCUT2D eigenvalue weighted by atomic mass is 10.1. The van der Waals surface area contributed by atoms with Gasteiger partial charge in [0.25, 0.3) is 11.8 Å².